The molecule has 0 aliphatic carbocycles. The molecule has 2 atom stereocenters. The van der Waals surface area contributed by atoms with Crippen molar-refractivity contribution in [3.63, 3.8) is 0 Å². The summed E-state index contributed by atoms with van der Waals surface area (Å²) >= 11 is 0. The summed E-state index contributed by atoms with van der Waals surface area (Å²) in [6.07, 6.45) is 0.420. The predicted molar refractivity (Wildman–Crippen MR) is 150 cm³/mol. The molecule has 2 aliphatic rings. The number of amides is 1. The maximum Gasteiger partial charge on any atom is 0.511 e. The summed E-state index contributed by atoms with van der Waals surface area (Å²) in [5, 5.41) is 10.5. The van der Waals surface area contributed by atoms with E-state index in [1.165, 1.54) is 19.2 Å². The van der Waals surface area contributed by atoms with Gasteiger partial charge in [-0.1, -0.05) is 40.3 Å². The van der Waals surface area contributed by atoms with Crippen LogP contribution >= 0.6 is 0 Å². The van der Waals surface area contributed by atoms with E-state index in [4.69, 9.17) is 19.3 Å². The summed E-state index contributed by atoms with van der Waals surface area (Å²) in [7, 11) is 0. The molecule has 3 rings (SSSR count). The Morgan fingerprint density at radius 1 is 1.20 bits per heavy atom. The zero-order chi connectivity index (χ0) is 31.3. The molecule has 228 valence electrons. The molecule has 0 saturated carbocycles. The van der Waals surface area contributed by atoms with Crippen molar-refractivity contribution >= 4 is 17.8 Å². The number of piperidine rings is 1. The van der Waals surface area contributed by atoms with Crippen molar-refractivity contribution in [3.8, 4) is 0 Å². The Labute approximate surface area is 240 Å². The molecular formula is C30H42F2N2O7. The summed E-state index contributed by atoms with van der Waals surface area (Å²) < 4.78 is 42.9. The van der Waals surface area contributed by atoms with Crippen LogP contribution in [0.4, 0.5) is 13.6 Å². The number of hydrogen-bond acceptors (Lipinski definition) is 8. The van der Waals surface area contributed by atoms with Gasteiger partial charge in [0.25, 0.3) is 5.91 Å². The fraction of sp³-hybridized carbons (Fsp3) is 0.500. The van der Waals surface area contributed by atoms with Gasteiger partial charge in [0.05, 0.1) is 11.7 Å². The van der Waals surface area contributed by atoms with Crippen molar-refractivity contribution in [1.29, 1.82) is 0 Å². The predicted octanol–water partition coefficient (Wildman–Crippen LogP) is 5.50. The van der Waals surface area contributed by atoms with E-state index in [0.29, 0.717) is 19.6 Å². The lowest BCUT2D eigenvalue weighted by Crippen LogP contribution is -2.40. The van der Waals surface area contributed by atoms with E-state index in [0.717, 1.165) is 18.6 Å². The fourth-order valence-electron chi connectivity index (χ4n) is 3.63. The minimum atomic E-state index is -1.15. The molecule has 0 bridgehead atoms. The van der Waals surface area contributed by atoms with E-state index in [-0.39, 0.29) is 46.4 Å². The first-order valence-corrected chi connectivity index (χ1v) is 13.7. The Hall–Kier alpha value is -3.73. The van der Waals surface area contributed by atoms with Gasteiger partial charge in [-0.2, -0.15) is 0 Å². The van der Waals surface area contributed by atoms with Gasteiger partial charge in [0.1, 0.15) is 17.3 Å². The molecule has 2 N–H and O–H groups in total. The number of ketones is 1. The minimum absolute atomic E-state index is 0.00649. The molecule has 2 heterocycles. The van der Waals surface area contributed by atoms with Crippen LogP contribution in [0.25, 0.3) is 0 Å². The minimum Gasteiger partial charge on any atom is -0.452 e. The zero-order valence-corrected chi connectivity index (χ0v) is 24.9. The van der Waals surface area contributed by atoms with Crippen molar-refractivity contribution < 1.29 is 42.5 Å². The van der Waals surface area contributed by atoms with Gasteiger partial charge in [-0.05, 0) is 32.8 Å². The van der Waals surface area contributed by atoms with E-state index < -0.39 is 36.1 Å². The van der Waals surface area contributed by atoms with Crippen LogP contribution in [0, 0.1) is 17.6 Å². The van der Waals surface area contributed by atoms with Crippen LogP contribution in [0.5, 0.6) is 0 Å². The number of fused-ring (bicyclic) bond motifs is 1. The Balaban J connectivity index is 0.00000129. The average Bonchev–Trinajstić information content (AvgIpc) is 2.92. The number of Topliss-reactive ketones (excluding diaryl/α,β-unsaturated/α-hetero) is 1. The maximum atomic E-state index is 14.0. The number of rotatable bonds is 8. The lowest BCUT2D eigenvalue weighted by Gasteiger charge is -2.37. The van der Waals surface area contributed by atoms with Crippen LogP contribution in [0.2, 0.25) is 0 Å². The van der Waals surface area contributed by atoms with Gasteiger partial charge in [0.15, 0.2) is 11.5 Å². The molecule has 41 heavy (non-hydrogen) atoms. The number of carbonyl (C=O) groups is 3. The maximum absolute atomic E-state index is 14.0. The number of allylic oxidation sites excluding steroid dienone is 2. The molecule has 0 radical (unpaired) electrons. The highest BCUT2D eigenvalue weighted by molar-refractivity contribution is 6.04. The van der Waals surface area contributed by atoms with Gasteiger partial charge in [-0.25, -0.2) is 13.6 Å². The van der Waals surface area contributed by atoms with Crippen LogP contribution in [-0.2, 0) is 30.3 Å². The highest BCUT2D eigenvalue weighted by atomic mass is 19.1. The second kappa shape index (κ2) is 17.2. The van der Waals surface area contributed by atoms with Gasteiger partial charge in [0, 0.05) is 55.9 Å². The number of nitrogens with one attached hydrogen (secondary N) is 1. The van der Waals surface area contributed by atoms with Crippen molar-refractivity contribution in [3.05, 3.63) is 70.8 Å². The molecule has 11 heteroatoms. The molecule has 2 aliphatic heterocycles. The summed E-state index contributed by atoms with van der Waals surface area (Å²) in [6.45, 7) is 17.0. The van der Waals surface area contributed by atoms with Crippen LogP contribution in [0.1, 0.15) is 66.9 Å². The SMILES string of the molecule is C=C1C(C(=O)NCc2ccc(F)cc2F)=CN2CCC(C)C(=O)C2=C1OC(C)OC(=O)OC(C)C.CC.CCCO. The Morgan fingerprint density at radius 3 is 2.39 bits per heavy atom. The zero-order valence-electron chi connectivity index (χ0n) is 24.9. The molecular weight excluding hydrogens is 538 g/mol. The highest BCUT2D eigenvalue weighted by Crippen LogP contribution is 2.36. The molecule has 0 spiro atoms. The molecule has 2 unspecified atom stereocenters. The molecule has 9 nitrogen and oxygen atoms in total. The lowest BCUT2D eigenvalue weighted by molar-refractivity contribution is -0.124. The number of nitrogens with zero attached hydrogens (tertiary/aromatic N) is 1. The van der Waals surface area contributed by atoms with Gasteiger partial charge < -0.3 is 29.5 Å². The van der Waals surface area contributed by atoms with Gasteiger partial charge >= 0.3 is 6.16 Å². The Bertz CT molecular complexity index is 1150. The van der Waals surface area contributed by atoms with Gasteiger partial charge in [-0.3, -0.25) is 9.59 Å². The summed E-state index contributed by atoms with van der Waals surface area (Å²) in [5.41, 5.74) is 0.499. The quantitative estimate of drug-likeness (QED) is 0.306. The molecule has 1 amide bonds. The van der Waals surface area contributed by atoms with E-state index in [1.54, 1.807) is 25.7 Å². The van der Waals surface area contributed by atoms with Crippen molar-refractivity contribution in [2.75, 3.05) is 13.2 Å². The third-order valence-electron chi connectivity index (χ3n) is 5.67. The van der Waals surface area contributed by atoms with Gasteiger partial charge in [0.2, 0.25) is 6.29 Å². The Kier molecular flexibility index (Phi) is 14.8. The van der Waals surface area contributed by atoms with Gasteiger partial charge in [-0.15, -0.1) is 0 Å². The van der Waals surface area contributed by atoms with Crippen molar-refractivity contribution in [1.82, 2.24) is 10.2 Å². The highest BCUT2D eigenvalue weighted by Gasteiger charge is 2.38. The second-order valence-corrected chi connectivity index (χ2v) is 9.31. The van der Waals surface area contributed by atoms with Crippen molar-refractivity contribution in [2.45, 2.75) is 80.2 Å². The van der Waals surface area contributed by atoms with Crippen LogP contribution in [-0.4, -0.2) is 53.4 Å². The summed E-state index contributed by atoms with van der Waals surface area (Å²) in [6, 6.07) is 3.06. The first kappa shape index (κ1) is 35.3. The van der Waals surface area contributed by atoms with Crippen molar-refractivity contribution in [2.24, 2.45) is 5.92 Å². The molecule has 1 fully saturated rings. The third kappa shape index (κ3) is 10.3. The van der Waals surface area contributed by atoms with E-state index in [1.807, 2.05) is 20.8 Å². The number of benzene rings is 1. The largest absolute Gasteiger partial charge is 0.511 e. The fourth-order valence-corrected chi connectivity index (χ4v) is 3.63. The number of aliphatic hydroxyl groups is 1. The summed E-state index contributed by atoms with van der Waals surface area (Å²) in [5.74, 6) is -2.58. The average molecular weight is 581 g/mol. The molecule has 1 aromatic rings. The normalized spacial score (nSPS) is 16.8. The third-order valence-corrected chi connectivity index (χ3v) is 5.67. The first-order chi connectivity index (χ1) is 19.4. The standard InChI is InChI=1S/C25H28F2N2O6.C3H8O.C2H6/c1-13(2)33-25(32)35-16(5)34-23-15(4)19(12-29-9-8-14(3)22(30)21(23)29)24(31)28-11-17-6-7-18(26)10-20(17)27;1-2-3-4;1-2/h6-7,10,12-14,16H,4,8-9,11H2,1-3,5H3,(H,28,31);4H,2-3H2,1H3;1-2H3. The topological polar surface area (TPSA) is 114 Å². The number of hydrogen-bond donors (Lipinski definition) is 2. The monoisotopic (exact) mass is 580 g/mol. The second-order valence-electron chi connectivity index (χ2n) is 9.31. The number of halogens is 2. The van der Waals surface area contributed by atoms with Crippen LogP contribution < -0.4 is 5.32 Å². The lowest BCUT2D eigenvalue weighted by atomic mass is 9.89. The molecule has 1 saturated heterocycles. The number of aliphatic hydroxyl groups excluding tert-OH is 1. The smallest absolute Gasteiger partial charge is 0.452 e. The van der Waals surface area contributed by atoms with E-state index in [2.05, 4.69) is 11.9 Å². The Morgan fingerprint density at radius 2 is 1.83 bits per heavy atom. The molecule has 0 aromatic heterocycles. The van der Waals surface area contributed by atoms with Crippen LogP contribution in [0.3, 0.4) is 0 Å². The summed E-state index contributed by atoms with van der Waals surface area (Å²) in [4.78, 5) is 39.4. The van der Waals surface area contributed by atoms with E-state index in [9.17, 15) is 23.2 Å². The first-order valence-electron chi connectivity index (χ1n) is 13.7. The number of carbonyl (C=O) groups excluding carboxylic acids is 3. The molecule has 1 aromatic carbocycles. The number of ether oxygens (including phenoxy) is 3. The van der Waals surface area contributed by atoms with Crippen LogP contribution in [0.15, 0.2) is 53.6 Å². The van der Waals surface area contributed by atoms with E-state index >= 15 is 0 Å².